The maximum atomic E-state index is 2.65. The van der Waals surface area contributed by atoms with E-state index in [2.05, 4.69) is 26.0 Å². The zero-order chi connectivity index (χ0) is 13.1. The zero-order valence-corrected chi connectivity index (χ0v) is 12.8. The molecule has 0 radical (unpaired) electrons. The lowest BCUT2D eigenvalue weighted by Gasteiger charge is -2.58. The molecule has 0 aromatic carbocycles. The summed E-state index contributed by atoms with van der Waals surface area (Å²) in [6, 6.07) is 0. The Labute approximate surface area is 119 Å². The van der Waals surface area contributed by atoms with Crippen molar-refractivity contribution in [3.63, 3.8) is 0 Å². The molecule has 0 amide bonds. The first-order chi connectivity index (χ1) is 9.13. The SMILES string of the molecule is C[C@@]12CCC[C@H]1[C@@H]1CC[C@H]3CCC=C[C@]3(C)[C@H]1CC2. The van der Waals surface area contributed by atoms with E-state index in [0.29, 0.717) is 5.41 Å². The Kier molecular flexibility index (Phi) is 2.71. The molecular formula is C19H30. The van der Waals surface area contributed by atoms with Crippen LogP contribution in [0.15, 0.2) is 12.2 Å². The largest absolute Gasteiger partial charge is 0.0880 e. The summed E-state index contributed by atoms with van der Waals surface area (Å²) >= 11 is 0. The van der Waals surface area contributed by atoms with Gasteiger partial charge in [0.15, 0.2) is 0 Å². The summed E-state index contributed by atoms with van der Waals surface area (Å²) in [5.41, 5.74) is 1.29. The normalized spacial score (nSPS) is 56.3. The van der Waals surface area contributed by atoms with Gasteiger partial charge in [-0.1, -0.05) is 32.4 Å². The van der Waals surface area contributed by atoms with Crippen LogP contribution in [0.3, 0.4) is 0 Å². The smallest absolute Gasteiger partial charge is 0.00872 e. The van der Waals surface area contributed by atoms with Gasteiger partial charge in [0, 0.05) is 0 Å². The lowest BCUT2D eigenvalue weighted by atomic mass is 9.46. The molecule has 0 saturated heterocycles. The molecule has 0 spiro atoms. The van der Waals surface area contributed by atoms with Gasteiger partial charge in [0.05, 0.1) is 0 Å². The van der Waals surface area contributed by atoms with Crippen molar-refractivity contribution < 1.29 is 0 Å². The number of hydrogen-bond donors (Lipinski definition) is 0. The van der Waals surface area contributed by atoms with Crippen molar-refractivity contribution in [1.29, 1.82) is 0 Å². The highest BCUT2D eigenvalue weighted by Crippen LogP contribution is 2.65. The van der Waals surface area contributed by atoms with Gasteiger partial charge in [-0.25, -0.2) is 0 Å². The molecule has 3 saturated carbocycles. The first-order valence-corrected chi connectivity index (χ1v) is 8.81. The monoisotopic (exact) mass is 258 g/mol. The number of rotatable bonds is 0. The highest BCUT2D eigenvalue weighted by Gasteiger charge is 2.56. The van der Waals surface area contributed by atoms with E-state index in [9.17, 15) is 0 Å². The Morgan fingerprint density at radius 3 is 2.68 bits per heavy atom. The molecule has 0 heterocycles. The summed E-state index contributed by atoms with van der Waals surface area (Å²) in [4.78, 5) is 0. The molecule has 4 aliphatic rings. The summed E-state index contributed by atoms with van der Waals surface area (Å²) in [7, 11) is 0. The summed E-state index contributed by atoms with van der Waals surface area (Å²) < 4.78 is 0. The summed E-state index contributed by atoms with van der Waals surface area (Å²) in [5, 5.41) is 0. The van der Waals surface area contributed by atoms with E-state index in [1.165, 1.54) is 44.9 Å². The molecule has 0 aromatic rings. The van der Waals surface area contributed by atoms with Crippen molar-refractivity contribution in [3.05, 3.63) is 12.2 Å². The average Bonchev–Trinajstić information content (AvgIpc) is 2.79. The lowest BCUT2D eigenvalue weighted by Crippen LogP contribution is -2.50. The van der Waals surface area contributed by atoms with Gasteiger partial charge in [-0.3, -0.25) is 0 Å². The fraction of sp³-hybridized carbons (Fsp3) is 0.895. The van der Waals surface area contributed by atoms with Gasteiger partial charge in [0.1, 0.15) is 0 Å². The molecule has 0 N–H and O–H groups in total. The molecule has 4 aliphatic carbocycles. The van der Waals surface area contributed by atoms with Crippen LogP contribution in [0.4, 0.5) is 0 Å². The third kappa shape index (κ3) is 1.64. The van der Waals surface area contributed by atoms with E-state index in [4.69, 9.17) is 0 Å². The minimum Gasteiger partial charge on any atom is -0.0880 e. The van der Waals surface area contributed by atoms with Crippen molar-refractivity contribution in [2.75, 3.05) is 0 Å². The van der Waals surface area contributed by atoms with Crippen LogP contribution in [0.25, 0.3) is 0 Å². The highest BCUT2D eigenvalue weighted by atomic mass is 14.6. The van der Waals surface area contributed by atoms with Crippen LogP contribution in [0.1, 0.15) is 71.6 Å². The minimum absolute atomic E-state index is 0.561. The van der Waals surface area contributed by atoms with Crippen molar-refractivity contribution in [2.24, 2.45) is 34.5 Å². The Morgan fingerprint density at radius 2 is 1.79 bits per heavy atom. The van der Waals surface area contributed by atoms with Gasteiger partial charge in [-0.05, 0) is 85.9 Å². The van der Waals surface area contributed by atoms with Gasteiger partial charge >= 0.3 is 0 Å². The molecule has 3 fully saturated rings. The number of allylic oxidation sites excluding steroid dienone is 2. The van der Waals surface area contributed by atoms with Crippen molar-refractivity contribution in [2.45, 2.75) is 71.6 Å². The second-order valence-corrected chi connectivity index (χ2v) is 8.58. The number of hydrogen-bond acceptors (Lipinski definition) is 0. The predicted molar refractivity (Wildman–Crippen MR) is 80.9 cm³/mol. The summed E-state index contributed by atoms with van der Waals surface area (Å²) in [5.74, 6) is 4.15. The van der Waals surface area contributed by atoms with E-state index in [1.54, 1.807) is 12.8 Å². The molecule has 0 bridgehead atoms. The summed E-state index contributed by atoms with van der Waals surface area (Å²) in [6.45, 7) is 5.23. The van der Waals surface area contributed by atoms with Gasteiger partial charge in [0.25, 0.3) is 0 Å². The molecule has 0 heteroatoms. The molecule has 4 rings (SSSR count). The van der Waals surface area contributed by atoms with E-state index < -0.39 is 0 Å². The Morgan fingerprint density at radius 1 is 0.895 bits per heavy atom. The van der Waals surface area contributed by atoms with Gasteiger partial charge in [-0.15, -0.1) is 0 Å². The van der Waals surface area contributed by atoms with Gasteiger partial charge in [-0.2, -0.15) is 0 Å². The second-order valence-electron chi connectivity index (χ2n) is 8.58. The van der Waals surface area contributed by atoms with Crippen LogP contribution in [0, 0.1) is 34.5 Å². The predicted octanol–water partition coefficient (Wildman–Crippen LogP) is 5.59. The minimum atomic E-state index is 0.561. The molecule has 19 heavy (non-hydrogen) atoms. The quantitative estimate of drug-likeness (QED) is 0.497. The van der Waals surface area contributed by atoms with E-state index >= 15 is 0 Å². The van der Waals surface area contributed by atoms with Gasteiger partial charge in [0.2, 0.25) is 0 Å². The Hall–Kier alpha value is -0.260. The van der Waals surface area contributed by atoms with E-state index in [0.717, 1.165) is 29.1 Å². The number of fused-ring (bicyclic) bond motifs is 5. The standard InChI is InChI=1S/C19H30/c1-18-11-5-7-16(18)15-9-8-14-6-3-4-12-19(14,2)17(15)10-13-18/h4,12,14-17H,3,5-11,13H2,1-2H3/t14-,15+,16+,17+,18+,19+/m1/s1. The first-order valence-electron chi connectivity index (χ1n) is 8.81. The maximum Gasteiger partial charge on any atom is -0.00872 e. The molecular weight excluding hydrogens is 228 g/mol. The fourth-order valence-corrected chi connectivity index (χ4v) is 6.81. The summed E-state index contributed by atoms with van der Waals surface area (Å²) in [6.07, 6.45) is 18.7. The van der Waals surface area contributed by atoms with Crippen molar-refractivity contribution >= 4 is 0 Å². The van der Waals surface area contributed by atoms with E-state index in [1.807, 2.05) is 0 Å². The maximum absolute atomic E-state index is 2.65. The van der Waals surface area contributed by atoms with Crippen LogP contribution in [-0.4, -0.2) is 0 Å². The Balaban J connectivity index is 1.68. The third-order valence-electron chi connectivity index (χ3n) is 7.90. The van der Waals surface area contributed by atoms with E-state index in [-0.39, 0.29) is 0 Å². The van der Waals surface area contributed by atoms with Crippen LogP contribution in [0.5, 0.6) is 0 Å². The average molecular weight is 258 g/mol. The highest BCUT2D eigenvalue weighted by molar-refractivity contribution is 5.14. The van der Waals surface area contributed by atoms with Crippen LogP contribution >= 0.6 is 0 Å². The third-order valence-corrected chi connectivity index (χ3v) is 7.90. The van der Waals surface area contributed by atoms with Crippen LogP contribution < -0.4 is 0 Å². The van der Waals surface area contributed by atoms with Crippen LogP contribution in [-0.2, 0) is 0 Å². The van der Waals surface area contributed by atoms with Gasteiger partial charge < -0.3 is 0 Å². The van der Waals surface area contributed by atoms with Crippen molar-refractivity contribution in [3.8, 4) is 0 Å². The second kappa shape index (κ2) is 4.12. The first kappa shape index (κ1) is 12.5. The molecule has 0 aliphatic heterocycles. The molecule has 6 atom stereocenters. The molecule has 106 valence electrons. The van der Waals surface area contributed by atoms with Crippen molar-refractivity contribution in [1.82, 2.24) is 0 Å². The molecule has 0 nitrogen and oxygen atoms in total. The van der Waals surface area contributed by atoms with Crippen LogP contribution in [0.2, 0.25) is 0 Å². The Bertz CT molecular complexity index is 395. The topological polar surface area (TPSA) is 0 Å². The molecule has 0 aromatic heterocycles. The molecule has 0 unspecified atom stereocenters. The fourth-order valence-electron chi connectivity index (χ4n) is 6.81. The zero-order valence-electron chi connectivity index (χ0n) is 12.8. The lowest BCUT2D eigenvalue weighted by molar-refractivity contribution is -0.0679.